The Hall–Kier alpha value is -2.10. The fraction of sp³-hybridized carbons (Fsp3) is 0.375. The molecule has 0 aliphatic carbocycles. The highest BCUT2D eigenvalue weighted by Gasteiger charge is 2.30. The maximum absolute atomic E-state index is 12.0. The Morgan fingerprint density at radius 3 is 2.90 bits per heavy atom. The van der Waals surface area contributed by atoms with Crippen LogP contribution in [-0.2, 0) is 16.0 Å². The molecular weight excluding hydrogens is 252 g/mol. The van der Waals surface area contributed by atoms with E-state index in [9.17, 15) is 9.59 Å². The van der Waals surface area contributed by atoms with Crippen molar-refractivity contribution in [2.75, 3.05) is 22.9 Å². The third-order valence-electron chi connectivity index (χ3n) is 4.14. The fourth-order valence-corrected chi connectivity index (χ4v) is 3.03. The first-order chi connectivity index (χ1) is 9.60. The quantitative estimate of drug-likeness (QED) is 0.772. The molecule has 4 nitrogen and oxygen atoms in total. The van der Waals surface area contributed by atoms with Crippen LogP contribution in [0.5, 0.6) is 0 Å². The van der Waals surface area contributed by atoms with Crippen LogP contribution in [0.2, 0.25) is 0 Å². The van der Waals surface area contributed by atoms with Crippen molar-refractivity contribution in [3.63, 3.8) is 0 Å². The van der Waals surface area contributed by atoms with E-state index in [1.807, 2.05) is 29.2 Å². The van der Waals surface area contributed by atoms with Crippen LogP contribution in [0.25, 0.3) is 0 Å². The van der Waals surface area contributed by atoms with Crippen molar-refractivity contribution in [3.8, 4) is 0 Å². The van der Waals surface area contributed by atoms with Gasteiger partial charge < -0.3 is 9.80 Å². The largest absolute Gasteiger partial charge is 0.312 e. The van der Waals surface area contributed by atoms with Gasteiger partial charge in [-0.25, -0.2) is 0 Å². The van der Waals surface area contributed by atoms with Crippen molar-refractivity contribution in [2.45, 2.75) is 19.8 Å². The Morgan fingerprint density at radius 1 is 1.45 bits per heavy atom. The molecule has 0 radical (unpaired) electrons. The van der Waals surface area contributed by atoms with E-state index >= 15 is 0 Å². The summed E-state index contributed by atoms with van der Waals surface area (Å²) >= 11 is 0. The van der Waals surface area contributed by atoms with Gasteiger partial charge >= 0.3 is 0 Å². The van der Waals surface area contributed by atoms with Crippen LogP contribution in [0.4, 0.5) is 11.4 Å². The minimum atomic E-state index is 0.0699. The summed E-state index contributed by atoms with van der Waals surface area (Å²) in [5.41, 5.74) is 3.06. The molecule has 1 saturated heterocycles. The van der Waals surface area contributed by atoms with Crippen molar-refractivity contribution in [3.05, 3.63) is 36.4 Å². The van der Waals surface area contributed by atoms with E-state index in [1.165, 1.54) is 0 Å². The zero-order chi connectivity index (χ0) is 14.3. The van der Waals surface area contributed by atoms with Gasteiger partial charge in [0.05, 0.1) is 0 Å². The molecule has 0 bridgehead atoms. The van der Waals surface area contributed by atoms with Gasteiger partial charge in [0.15, 0.2) is 0 Å². The summed E-state index contributed by atoms with van der Waals surface area (Å²) in [6.45, 7) is 6.79. The Morgan fingerprint density at radius 2 is 2.25 bits per heavy atom. The summed E-state index contributed by atoms with van der Waals surface area (Å²) in [6, 6.07) is 5.93. The van der Waals surface area contributed by atoms with Gasteiger partial charge in [-0.2, -0.15) is 0 Å². The Bertz CT molecular complexity index is 594. The lowest BCUT2D eigenvalue weighted by atomic mass is 10.1. The fourth-order valence-electron chi connectivity index (χ4n) is 3.03. The summed E-state index contributed by atoms with van der Waals surface area (Å²) in [5.74, 6) is 0.459. The molecule has 2 heterocycles. The smallest absolute Gasteiger partial charge is 0.227 e. The average Bonchev–Trinajstić information content (AvgIpc) is 3.01. The Labute approximate surface area is 118 Å². The molecule has 3 rings (SSSR count). The van der Waals surface area contributed by atoms with Crippen LogP contribution in [-0.4, -0.2) is 24.9 Å². The van der Waals surface area contributed by atoms with E-state index in [2.05, 4.69) is 6.58 Å². The van der Waals surface area contributed by atoms with Crippen LogP contribution in [0.15, 0.2) is 30.9 Å². The van der Waals surface area contributed by atoms with Gasteiger partial charge in [-0.05, 0) is 30.2 Å². The van der Waals surface area contributed by atoms with Crippen molar-refractivity contribution in [1.82, 2.24) is 0 Å². The maximum Gasteiger partial charge on any atom is 0.227 e. The normalized spacial score (nSPS) is 21.2. The SMILES string of the molecule is C=CC1CC(=O)N(c2ccc3c(c2)CCN3C(C)=O)C1. The number of benzene rings is 1. The molecule has 1 fully saturated rings. The molecule has 104 valence electrons. The maximum atomic E-state index is 12.0. The van der Waals surface area contributed by atoms with Crippen molar-refractivity contribution < 1.29 is 9.59 Å². The van der Waals surface area contributed by atoms with Gasteiger partial charge in [0.25, 0.3) is 0 Å². The van der Waals surface area contributed by atoms with Crippen molar-refractivity contribution in [1.29, 1.82) is 0 Å². The lowest BCUT2D eigenvalue weighted by molar-refractivity contribution is -0.117. The molecule has 1 aromatic carbocycles. The molecule has 1 atom stereocenters. The highest BCUT2D eigenvalue weighted by Crippen LogP contribution is 2.34. The first-order valence-corrected chi connectivity index (χ1v) is 6.94. The molecular formula is C16H18N2O2. The lowest BCUT2D eigenvalue weighted by Gasteiger charge is -2.19. The van der Waals surface area contributed by atoms with Gasteiger partial charge in [0, 0.05) is 43.7 Å². The highest BCUT2D eigenvalue weighted by atomic mass is 16.2. The molecule has 2 aliphatic heterocycles. The third kappa shape index (κ3) is 2.01. The van der Waals surface area contributed by atoms with Crippen LogP contribution < -0.4 is 9.80 Å². The van der Waals surface area contributed by atoms with E-state index in [-0.39, 0.29) is 17.7 Å². The second-order valence-corrected chi connectivity index (χ2v) is 5.44. The Balaban J connectivity index is 1.89. The molecule has 0 N–H and O–H groups in total. The number of anilines is 2. The van der Waals surface area contributed by atoms with Gasteiger partial charge in [-0.1, -0.05) is 6.08 Å². The molecule has 1 aromatic rings. The Kier molecular flexibility index (Phi) is 3.08. The summed E-state index contributed by atoms with van der Waals surface area (Å²) in [7, 11) is 0. The van der Waals surface area contributed by atoms with Crippen LogP contribution in [0.3, 0.4) is 0 Å². The second-order valence-electron chi connectivity index (χ2n) is 5.44. The molecule has 2 amide bonds. The first kappa shape index (κ1) is 12.9. The summed E-state index contributed by atoms with van der Waals surface area (Å²) in [5, 5.41) is 0. The van der Waals surface area contributed by atoms with Gasteiger partial charge in [-0.3, -0.25) is 9.59 Å². The first-order valence-electron chi connectivity index (χ1n) is 6.94. The summed E-state index contributed by atoms with van der Waals surface area (Å²) in [6.07, 6.45) is 3.25. The van der Waals surface area contributed by atoms with E-state index in [1.54, 1.807) is 11.8 Å². The molecule has 4 heteroatoms. The molecule has 0 spiro atoms. The minimum absolute atomic E-state index is 0.0699. The third-order valence-corrected chi connectivity index (χ3v) is 4.14. The molecule has 2 aliphatic rings. The van der Waals surface area contributed by atoms with Gasteiger partial charge in [-0.15, -0.1) is 6.58 Å². The highest BCUT2D eigenvalue weighted by molar-refractivity contribution is 5.98. The second kappa shape index (κ2) is 4.78. The number of carbonyl (C=O) groups excluding carboxylic acids is 2. The zero-order valence-corrected chi connectivity index (χ0v) is 11.6. The van der Waals surface area contributed by atoms with Crippen LogP contribution in [0.1, 0.15) is 18.9 Å². The van der Waals surface area contributed by atoms with E-state index in [4.69, 9.17) is 0 Å². The minimum Gasteiger partial charge on any atom is -0.312 e. The van der Waals surface area contributed by atoms with Crippen molar-refractivity contribution in [2.24, 2.45) is 5.92 Å². The average molecular weight is 270 g/mol. The predicted molar refractivity (Wildman–Crippen MR) is 78.8 cm³/mol. The molecule has 20 heavy (non-hydrogen) atoms. The van der Waals surface area contributed by atoms with E-state index in [0.29, 0.717) is 13.0 Å². The van der Waals surface area contributed by atoms with Gasteiger partial charge in [0.1, 0.15) is 0 Å². The van der Waals surface area contributed by atoms with E-state index < -0.39 is 0 Å². The number of fused-ring (bicyclic) bond motifs is 1. The summed E-state index contributed by atoms with van der Waals surface area (Å²) in [4.78, 5) is 27.2. The number of rotatable bonds is 2. The number of hydrogen-bond acceptors (Lipinski definition) is 2. The monoisotopic (exact) mass is 270 g/mol. The van der Waals surface area contributed by atoms with Gasteiger partial charge in [0.2, 0.25) is 11.8 Å². The van der Waals surface area contributed by atoms with Crippen LogP contribution in [0, 0.1) is 5.92 Å². The number of amides is 2. The van der Waals surface area contributed by atoms with Crippen LogP contribution >= 0.6 is 0 Å². The predicted octanol–water partition coefficient (Wildman–Crippen LogP) is 2.13. The molecule has 0 aromatic heterocycles. The van der Waals surface area contributed by atoms with E-state index in [0.717, 1.165) is 29.9 Å². The standard InChI is InChI=1S/C16H18N2O2/c1-3-12-8-16(20)18(10-12)14-4-5-15-13(9-14)6-7-17(15)11(2)19/h3-5,9,12H,1,6-8,10H2,2H3. The summed E-state index contributed by atoms with van der Waals surface area (Å²) < 4.78 is 0. The molecule has 1 unspecified atom stereocenters. The number of hydrogen-bond donors (Lipinski definition) is 0. The topological polar surface area (TPSA) is 40.6 Å². The zero-order valence-electron chi connectivity index (χ0n) is 11.6. The number of nitrogens with zero attached hydrogens (tertiary/aromatic N) is 2. The molecule has 0 saturated carbocycles. The number of carbonyl (C=O) groups is 2. The van der Waals surface area contributed by atoms with Crippen molar-refractivity contribution >= 4 is 23.2 Å². The lowest BCUT2D eigenvalue weighted by Crippen LogP contribution is -2.26.